The molecule has 4 heteroatoms. The first-order chi connectivity index (χ1) is 8.79. The lowest BCUT2D eigenvalue weighted by atomic mass is 10.1. The summed E-state index contributed by atoms with van der Waals surface area (Å²) in [5.41, 5.74) is 3.51. The van der Waals surface area contributed by atoms with Crippen LogP contribution in [0.15, 0.2) is 36.7 Å². The molecule has 0 radical (unpaired) electrons. The normalized spacial score (nSPS) is 17.9. The van der Waals surface area contributed by atoms with E-state index in [1.54, 1.807) is 12.4 Å². The van der Waals surface area contributed by atoms with Crippen LogP contribution in [-0.4, -0.2) is 16.0 Å². The van der Waals surface area contributed by atoms with Gasteiger partial charge in [-0.25, -0.2) is 9.97 Å². The van der Waals surface area contributed by atoms with E-state index in [0.29, 0.717) is 11.9 Å². The van der Waals surface area contributed by atoms with Crippen LogP contribution in [0, 0.1) is 0 Å². The maximum Gasteiger partial charge on any atom is 0.230 e. The molecular weight excluding hydrogens is 246 g/mol. The summed E-state index contributed by atoms with van der Waals surface area (Å²) in [5, 5.41) is 0. The molecule has 0 saturated carbocycles. The van der Waals surface area contributed by atoms with E-state index < -0.39 is 0 Å². The second-order valence-electron chi connectivity index (χ2n) is 4.58. The molecule has 0 saturated heterocycles. The molecule has 0 spiro atoms. The number of halogens is 1. The highest BCUT2D eigenvalue weighted by molar-refractivity contribution is 6.17. The molecule has 0 fully saturated rings. The Hall–Kier alpha value is -1.61. The van der Waals surface area contributed by atoms with Gasteiger partial charge < -0.3 is 4.90 Å². The van der Waals surface area contributed by atoms with E-state index in [2.05, 4.69) is 46.1 Å². The molecule has 1 aromatic heterocycles. The zero-order chi connectivity index (χ0) is 12.5. The Labute approximate surface area is 111 Å². The van der Waals surface area contributed by atoms with Crippen molar-refractivity contribution in [2.75, 3.05) is 4.90 Å². The first kappa shape index (κ1) is 11.5. The van der Waals surface area contributed by atoms with Gasteiger partial charge in [-0.15, -0.1) is 11.6 Å². The van der Waals surface area contributed by atoms with E-state index in [9.17, 15) is 0 Å². The minimum Gasteiger partial charge on any atom is -0.307 e. The fourth-order valence-corrected chi connectivity index (χ4v) is 2.55. The van der Waals surface area contributed by atoms with Gasteiger partial charge in [0.15, 0.2) is 0 Å². The van der Waals surface area contributed by atoms with Crippen molar-refractivity contribution in [3.63, 3.8) is 0 Å². The van der Waals surface area contributed by atoms with Gasteiger partial charge in [-0.05, 0) is 25.0 Å². The molecule has 1 atom stereocenters. The highest BCUT2D eigenvalue weighted by atomic mass is 35.5. The van der Waals surface area contributed by atoms with E-state index in [0.717, 1.165) is 17.9 Å². The highest BCUT2D eigenvalue weighted by Crippen LogP contribution is 2.35. The average molecular weight is 260 g/mol. The van der Waals surface area contributed by atoms with Gasteiger partial charge in [0.1, 0.15) is 0 Å². The third kappa shape index (κ3) is 1.85. The Kier molecular flexibility index (Phi) is 2.92. The van der Waals surface area contributed by atoms with Crippen LogP contribution >= 0.6 is 11.6 Å². The predicted octanol–water partition coefficient (Wildman–Crippen LogP) is 3.30. The van der Waals surface area contributed by atoms with Crippen molar-refractivity contribution in [1.29, 1.82) is 0 Å². The Bertz CT molecular complexity index is 553. The summed E-state index contributed by atoms with van der Waals surface area (Å²) in [6.45, 7) is 2.19. The molecule has 0 bridgehead atoms. The first-order valence-corrected chi connectivity index (χ1v) is 6.57. The lowest BCUT2D eigenvalue weighted by Crippen LogP contribution is -2.25. The minimum absolute atomic E-state index is 0.393. The molecule has 0 N–H and O–H groups in total. The van der Waals surface area contributed by atoms with Crippen molar-refractivity contribution in [2.45, 2.75) is 25.3 Å². The lowest BCUT2D eigenvalue weighted by Gasteiger charge is -2.22. The van der Waals surface area contributed by atoms with Crippen molar-refractivity contribution in [1.82, 2.24) is 9.97 Å². The number of benzene rings is 1. The number of hydrogen-bond donors (Lipinski definition) is 0. The van der Waals surface area contributed by atoms with Gasteiger partial charge in [0.25, 0.3) is 0 Å². The van der Waals surface area contributed by atoms with Crippen LogP contribution in [0.25, 0.3) is 0 Å². The van der Waals surface area contributed by atoms with Crippen LogP contribution in [0.5, 0.6) is 0 Å². The van der Waals surface area contributed by atoms with Crippen molar-refractivity contribution in [2.24, 2.45) is 0 Å². The van der Waals surface area contributed by atoms with Crippen molar-refractivity contribution in [3.8, 4) is 0 Å². The maximum atomic E-state index is 5.76. The summed E-state index contributed by atoms with van der Waals surface area (Å²) in [7, 11) is 0. The van der Waals surface area contributed by atoms with E-state index in [1.807, 2.05) is 0 Å². The Morgan fingerprint density at radius 2 is 2.00 bits per heavy atom. The monoisotopic (exact) mass is 259 g/mol. The minimum atomic E-state index is 0.393. The van der Waals surface area contributed by atoms with E-state index in [1.165, 1.54) is 11.3 Å². The zero-order valence-electron chi connectivity index (χ0n) is 10.2. The summed E-state index contributed by atoms with van der Waals surface area (Å²) in [5.74, 6) is 1.20. The second-order valence-corrected chi connectivity index (χ2v) is 4.84. The zero-order valence-corrected chi connectivity index (χ0v) is 10.9. The van der Waals surface area contributed by atoms with Crippen molar-refractivity contribution < 1.29 is 0 Å². The lowest BCUT2D eigenvalue weighted by molar-refractivity contribution is 0.739. The Morgan fingerprint density at radius 1 is 1.28 bits per heavy atom. The fraction of sp³-hybridized carbons (Fsp3) is 0.286. The van der Waals surface area contributed by atoms with Crippen molar-refractivity contribution >= 4 is 23.2 Å². The third-order valence-electron chi connectivity index (χ3n) is 3.27. The molecule has 1 aliphatic heterocycles. The molecule has 1 aromatic carbocycles. The summed E-state index contributed by atoms with van der Waals surface area (Å²) in [6.07, 6.45) is 4.63. The fourth-order valence-electron chi connectivity index (χ4n) is 2.41. The number of fused-ring (bicyclic) bond motifs is 1. The van der Waals surface area contributed by atoms with Crippen molar-refractivity contribution in [3.05, 3.63) is 47.8 Å². The van der Waals surface area contributed by atoms with Gasteiger partial charge >= 0.3 is 0 Å². The van der Waals surface area contributed by atoms with Gasteiger partial charge in [-0.2, -0.15) is 0 Å². The number of aromatic nitrogens is 2. The standard InChI is InChI=1S/C14H14ClN3/c1-10-6-12-4-2-3-5-13(12)18(10)14-16-8-11(7-15)9-17-14/h2-5,8-10H,6-7H2,1H3. The maximum absolute atomic E-state index is 5.76. The Morgan fingerprint density at radius 3 is 2.72 bits per heavy atom. The molecule has 18 heavy (non-hydrogen) atoms. The molecule has 3 nitrogen and oxygen atoms in total. The smallest absolute Gasteiger partial charge is 0.230 e. The van der Waals surface area contributed by atoms with E-state index in [-0.39, 0.29) is 0 Å². The molecule has 0 amide bonds. The van der Waals surface area contributed by atoms with Gasteiger partial charge in [0.2, 0.25) is 5.95 Å². The highest BCUT2D eigenvalue weighted by Gasteiger charge is 2.28. The molecule has 0 aliphatic carbocycles. The number of para-hydroxylation sites is 1. The summed E-state index contributed by atoms with van der Waals surface area (Å²) < 4.78 is 0. The largest absolute Gasteiger partial charge is 0.307 e. The molecule has 3 rings (SSSR count). The van der Waals surface area contributed by atoms with Crippen LogP contribution in [-0.2, 0) is 12.3 Å². The molecular formula is C14H14ClN3. The first-order valence-electron chi connectivity index (χ1n) is 6.03. The van der Waals surface area contributed by atoms with Gasteiger partial charge in [0, 0.05) is 29.7 Å². The second kappa shape index (κ2) is 4.58. The summed E-state index contributed by atoms with van der Waals surface area (Å²) in [6, 6.07) is 8.81. The topological polar surface area (TPSA) is 29.0 Å². The molecule has 1 aliphatic rings. The van der Waals surface area contributed by atoms with Crippen LogP contribution < -0.4 is 4.90 Å². The van der Waals surface area contributed by atoms with Crippen LogP contribution in [0.1, 0.15) is 18.1 Å². The van der Waals surface area contributed by atoms with Crippen LogP contribution in [0.2, 0.25) is 0 Å². The molecule has 2 heterocycles. The quantitative estimate of drug-likeness (QED) is 0.775. The van der Waals surface area contributed by atoms with E-state index >= 15 is 0 Å². The van der Waals surface area contributed by atoms with Gasteiger partial charge in [-0.3, -0.25) is 0 Å². The third-order valence-corrected chi connectivity index (χ3v) is 3.58. The predicted molar refractivity (Wildman–Crippen MR) is 73.3 cm³/mol. The number of alkyl halides is 1. The number of nitrogens with zero attached hydrogens (tertiary/aromatic N) is 3. The summed E-state index contributed by atoms with van der Waals surface area (Å²) in [4.78, 5) is 11.0. The SMILES string of the molecule is CC1Cc2ccccc2N1c1ncc(CCl)cn1. The average Bonchev–Trinajstić information content (AvgIpc) is 2.75. The Balaban J connectivity index is 2.00. The van der Waals surface area contributed by atoms with Crippen LogP contribution in [0.4, 0.5) is 11.6 Å². The van der Waals surface area contributed by atoms with Gasteiger partial charge in [-0.1, -0.05) is 18.2 Å². The number of rotatable bonds is 2. The van der Waals surface area contributed by atoms with E-state index in [4.69, 9.17) is 11.6 Å². The molecule has 1 unspecified atom stereocenters. The molecule has 92 valence electrons. The number of hydrogen-bond acceptors (Lipinski definition) is 3. The number of anilines is 2. The van der Waals surface area contributed by atoms with Gasteiger partial charge in [0.05, 0.1) is 5.88 Å². The van der Waals surface area contributed by atoms with Crippen LogP contribution in [0.3, 0.4) is 0 Å². The summed E-state index contributed by atoms with van der Waals surface area (Å²) >= 11 is 5.76. The molecule has 2 aromatic rings.